The highest BCUT2D eigenvalue weighted by Crippen LogP contribution is 2.21. The molecule has 2 rings (SSSR count). The summed E-state index contributed by atoms with van der Waals surface area (Å²) in [6.07, 6.45) is 0.841. The SMILES string of the molecule is CC[C@@H](C)NC(=O)[C@H](C)N(Cc1ccc(OC)cc1)C(=O)CSc1ccc(C)cc1. The maximum atomic E-state index is 13.1. The number of nitrogens with one attached hydrogen (secondary N) is 1. The molecule has 2 amide bonds. The van der Waals surface area contributed by atoms with E-state index in [1.54, 1.807) is 18.9 Å². The number of ether oxygens (including phenoxy) is 1. The van der Waals surface area contributed by atoms with Gasteiger partial charge in [-0.15, -0.1) is 11.8 Å². The van der Waals surface area contributed by atoms with Gasteiger partial charge in [-0.05, 0) is 57.0 Å². The Morgan fingerprint density at radius 2 is 1.70 bits per heavy atom. The van der Waals surface area contributed by atoms with Crippen molar-refractivity contribution >= 4 is 23.6 Å². The average molecular weight is 429 g/mol. The summed E-state index contributed by atoms with van der Waals surface area (Å²) in [6.45, 7) is 8.18. The zero-order valence-corrected chi connectivity index (χ0v) is 19.3. The van der Waals surface area contributed by atoms with Gasteiger partial charge in [0.25, 0.3) is 0 Å². The van der Waals surface area contributed by atoms with E-state index in [-0.39, 0.29) is 23.6 Å². The van der Waals surface area contributed by atoms with Crippen molar-refractivity contribution in [2.75, 3.05) is 12.9 Å². The first-order valence-corrected chi connectivity index (χ1v) is 11.2. The van der Waals surface area contributed by atoms with Crippen LogP contribution in [0.3, 0.4) is 0 Å². The molecule has 0 aliphatic rings. The van der Waals surface area contributed by atoms with Gasteiger partial charge in [-0.25, -0.2) is 0 Å². The predicted octanol–water partition coefficient (Wildman–Crippen LogP) is 4.43. The third-order valence-electron chi connectivity index (χ3n) is 5.06. The molecule has 2 aromatic rings. The van der Waals surface area contributed by atoms with E-state index in [9.17, 15) is 9.59 Å². The van der Waals surface area contributed by atoms with E-state index in [0.717, 1.165) is 22.6 Å². The number of hydrogen-bond donors (Lipinski definition) is 1. The Balaban J connectivity index is 2.14. The minimum atomic E-state index is -0.563. The number of thioether (sulfide) groups is 1. The van der Waals surface area contributed by atoms with Crippen LogP contribution >= 0.6 is 11.8 Å². The van der Waals surface area contributed by atoms with Gasteiger partial charge >= 0.3 is 0 Å². The fourth-order valence-electron chi connectivity index (χ4n) is 2.84. The standard InChI is InChI=1S/C24H32N2O3S/c1-6-18(3)25-24(28)19(4)26(15-20-9-11-21(29-5)12-10-20)23(27)16-30-22-13-7-17(2)8-14-22/h7-14,18-19H,6,15-16H2,1-5H3,(H,25,28)/t18-,19+/m1/s1. The highest BCUT2D eigenvalue weighted by atomic mass is 32.2. The normalized spacial score (nSPS) is 12.7. The Kier molecular flexibility index (Phi) is 9.24. The van der Waals surface area contributed by atoms with Crippen LogP contribution in [0.2, 0.25) is 0 Å². The highest BCUT2D eigenvalue weighted by molar-refractivity contribution is 8.00. The van der Waals surface area contributed by atoms with Gasteiger partial charge in [0.15, 0.2) is 0 Å². The molecule has 0 heterocycles. The summed E-state index contributed by atoms with van der Waals surface area (Å²) < 4.78 is 5.21. The smallest absolute Gasteiger partial charge is 0.242 e. The van der Waals surface area contributed by atoms with Gasteiger partial charge in [0.05, 0.1) is 12.9 Å². The third kappa shape index (κ3) is 7.10. The molecule has 2 aromatic carbocycles. The lowest BCUT2D eigenvalue weighted by Crippen LogP contribution is -2.50. The minimum Gasteiger partial charge on any atom is -0.497 e. The Bertz CT molecular complexity index is 821. The molecule has 0 saturated heterocycles. The molecule has 0 radical (unpaired) electrons. The van der Waals surface area contributed by atoms with Crippen molar-refractivity contribution in [3.8, 4) is 5.75 Å². The Morgan fingerprint density at radius 1 is 1.07 bits per heavy atom. The molecular formula is C24H32N2O3S. The van der Waals surface area contributed by atoms with Crippen molar-refractivity contribution in [2.45, 2.75) is 57.6 Å². The number of hydrogen-bond acceptors (Lipinski definition) is 4. The van der Waals surface area contributed by atoms with Gasteiger partial charge in [-0.3, -0.25) is 9.59 Å². The van der Waals surface area contributed by atoms with Crippen LogP contribution in [0.5, 0.6) is 5.75 Å². The molecule has 0 fully saturated rings. The zero-order valence-electron chi connectivity index (χ0n) is 18.5. The van der Waals surface area contributed by atoms with E-state index in [4.69, 9.17) is 4.74 Å². The molecule has 2 atom stereocenters. The lowest BCUT2D eigenvalue weighted by molar-refractivity contribution is -0.138. The molecule has 162 valence electrons. The van der Waals surface area contributed by atoms with Crippen molar-refractivity contribution in [3.63, 3.8) is 0 Å². The number of carbonyl (C=O) groups is 2. The number of benzene rings is 2. The summed E-state index contributed by atoms with van der Waals surface area (Å²) in [5, 5.41) is 2.99. The van der Waals surface area contributed by atoms with Crippen LogP contribution in [-0.4, -0.2) is 41.7 Å². The molecule has 30 heavy (non-hydrogen) atoms. The van der Waals surface area contributed by atoms with E-state index in [2.05, 4.69) is 5.32 Å². The van der Waals surface area contributed by atoms with Crippen LogP contribution in [0, 0.1) is 6.92 Å². The first kappa shape index (κ1) is 23.8. The van der Waals surface area contributed by atoms with E-state index in [1.165, 1.54) is 17.3 Å². The molecule has 0 aromatic heterocycles. The van der Waals surface area contributed by atoms with Gasteiger partial charge in [0.2, 0.25) is 11.8 Å². The molecule has 1 N–H and O–H groups in total. The van der Waals surface area contributed by atoms with Crippen molar-refractivity contribution in [1.82, 2.24) is 10.2 Å². The summed E-state index contributed by atoms with van der Waals surface area (Å²) in [5.41, 5.74) is 2.13. The van der Waals surface area contributed by atoms with Crippen molar-refractivity contribution < 1.29 is 14.3 Å². The molecular weight excluding hydrogens is 396 g/mol. The Hall–Kier alpha value is -2.47. The lowest BCUT2D eigenvalue weighted by Gasteiger charge is -2.29. The maximum Gasteiger partial charge on any atom is 0.242 e. The Labute approximate surface area is 184 Å². The molecule has 0 unspecified atom stereocenters. The summed E-state index contributed by atoms with van der Waals surface area (Å²) in [5.74, 6) is 0.837. The summed E-state index contributed by atoms with van der Waals surface area (Å²) in [6, 6.07) is 15.2. The van der Waals surface area contributed by atoms with E-state index >= 15 is 0 Å². The second-order valence-corrected chi connectivity index (χ2v) is 8.51. The molecule has 6 heteroatoms. The van der Waals surface area contributed by atoms with Gasteiger partial charge in [0.1, 0.15) is 11.8 Å². The quantitative estimate of drug-likeness (QED) is 0.569. The number of carbonyl (C=O) groups excluding carboxylic acids is 2. The van der Waals surface area contributed by atoms with Gasteiger partial charge < -0.3 is 15.0 Å². The van der Waals surface area contributed by atoms with Crippen LogP contribution in [0.1, 0.15) is 38.3 Å². The van der Waals surface area contributed by atoms with Crippen molar-refractivity contribution in [1.29, 1.82) is 0 Å². The molecule has 0 saturated carbocycles. The molecule has 0 aliphatic heterocycles. The summed E-state index contributed by atoms with van der Waals surface area (Å²) >= 11 is 1.49. The first-order valence-electron chi connectivity index (χ1n) is 10.3. The molecule has 0 aliphatic carbocycles. The molecule has 0 bridgehead atoms. The first-order chi connectivity index (χ1) is 14.3. The highest BCUT2D eigenvalue weighted by Gasteiger charge is 2.26. The second-order valence-electron chi connectivity index (χ2n) is 7.47. The predicted molar refractivity (Wildman–Crippen MR) is 123 cm³/mol. The van der Waals surface area contributed by atoms with Crippen molar-refractivity contribution in [2.24, 2.45) is 0 Å². The largest absolute Gasteiger partial charge is 0.497 e. The second kappa shape index (κ2) is 11.6. The monoisotopic (exact) mass is 428 g/mol. The maximum absolute atomic E-state index is 13.1. The number of methoxy groups -OCH3 is 1. The van der Waals surface area contributed by atoms with E-state index < -0.39 is 6.04 Å². The van der Waals surface area contributed by atoms with Crippen LogP contribution < -0.4 is 10.1 Å². The lowest BCUT2D eigenvalue weighted by atomic mass is 10.1. The van der Waals surface area contributed by atoms with Crippen LogP contribution in [-0.2, 0) is 16.1 Å². The van der Waals surface area contributed by atoms with Crippen LogP contribution in [0.15, 0.2) is 53.4 Å². The summed E-state index contributed by atoms with van der Waals surface area (Å²) in [4.78, 5) is 28.5. The number of rotatable bonds is 10. The van der Waals surface area contributed by atoms with Gasteiger partial charge in [-0.2, -0.15) is 0 Å². The van der Waals surface area contributed by atoms with Crippen LogP contribution in [0.4, 0.5) is 0 Å². The fourth-order valence-corrected chi connectivity index (χ4v) is 3.62. The number of amides is 2. The van der Waals surface area contributed by atoms with Gasteiger partial charge in [-0.1, -0.05) is 36.8 Å². The summed E-state index contributed by atoms with van der Waals surface area (Å²) in [7, 11) is 1.62. The topological polar surface area (TPSA) is 58.6 Å². The van der Waals surface area contributed by atoms with Gasteiger partial charge in [0, 0.05) is 17.5 Å². The Morgan fingerprint density at radius 3 is 2.27 bits per heavy atom. The number of aryl methyl sites for hydroxylation is 1. The van der Waals surface area contributed by atoms with Crippen molar-refractivity contribution in [3.05, 3.63) is 59.7 Å². The van der Waals surface area contributed by atoms with E-state index in [0.29, 0.717) is 6.54 Å². The zero-order chi connectivity index (χ0) is 22.1. The minimum absolute atomic E-state index is 0.0665. The number of nitrogens with zero attached hydrogens (tertiary/aromatic N) is 1. The third-order valence-corrected chi connectivity index (χ3v) is 6.06. The fraction of sp³-hybridized carbons (Fsp3) is 0.417. The molecule has 0 spiro atoms. The molecule has 5 nitrogen and oxygen atoms in total. The van der Waals surface area contributed by atoms with E-state index in [1.807, 2.05) is 69.3 Å². The van der Waals surface area contributed by atoms with Crippen LogP contribution in [0.25, 0.3) is 0 Å². The average Bonchev–Trinajstić information content (AvgIpc) is 2.76.